The summed E-state index contributed by atoms with van der Waals surface area (Å²) in [6.45, 7) is 3.57. The molecule has 26 heavy (non-hydrogen) atoms. The number of benzene rings is 2. The van der Waals surface area contributed by atoms with Gasteiger partial charge in [-0.25, -0.2) is 8.42 Å². The predicted octanol–water partition coefficient (Wildman–Crippen LogP) is 3.72. The number of halogens is 2. The summed E-state index contributed by atoms with van der Waals surface area (Å²) in [4.78, 5) is 5.67. The Morgan fingerprint density at radius 1 is 1.00 bits per heavy atom. The van der Waals surface area contributed by atoms with Crippen molar-refractivity contribution in [3.63, 3.8) is 0 Å². The maximum atomic E-state index is 13.2. The molecule has 1 aliphatic heterocycles. The predicted molar refractivity (Wildman–Crippen MR) is 105 cm³/mol. The second kappa shape index (κ2) is 6.78. The van der Waals surface area contributed by atoms with Gasteiger partial charge in [0.25, 0.3) is 0 Å². The van der Waals surface area contributed by atoms with Crippen molar-refractivity contribution in [2.45, 2.75) is 9.79 Å². The van der Waals surface area contributed by atoms with Crippen LogP contribution in [0, 0.1) is 0 Å². The zero-order chi connectivity index (χ0) is 18.3. The van der Waals surface area contributed by atoms with E-state index in [-0.39, 0.29) is 14.8 Å². The number of rotatable bonds is 3. The molecule has 136 valence electrons. The van der Waals surface area contributed by atoms with Crippen LogP contribution in [0.2, 0.25) is 10.0 Å². The summed E-state index contributed by atoms with van der Waals surface area (Å²) in [5, 5.41) is 4.49. The van der Waals surface area contributed by atoms with Crippen molar-refractivity contribution < 1.29 is 8.42 Å². The van der Waals surface area contributed by atoms with E-state index in [4.69, 9.17) is 23.2 Å². The highest BCUT2D eigenvalue weighted by Gasteiger charge is 2.26. The van der Waals surface area contributed by atoms with Gasteiger partial charge in [-0.15, -0.1) is 0 Å². The molecule has 1 fully saturated rings. The van der Waals surface area contributed by atoms with Crippen LogP contribution in [0.3, 0.4) is 0 Å². The lowest BCUT2D eigenvalue weighted by atomic mass is 10.2. The van der Waals surface area contributed by atoms with Gasteiger partial charge in [-0.05, 0) is 24.3 Å². The number of aromatic nitrogens is 1. The molecule has 0 aliphatic carbocycles. The largest absolute Gasteiger partial charge is 0.367 e. The second-order valence-corrected chi connectivity index (χ2v) is 8.90. The van der Waals surface area contributed by atoms with Gasteiger partial charge in [0.1, 0.15) is 0 Å². The van der Waals surface area contributed by atoms with Crippen molar-refractivity contribution in [3.8, 4) is 0 Å². The van der Waals surface area contributed by atoms with Gasteiger partial charge in [0, 0.05) is 42.8 Å². The van der Waals surface area contributed by atoms with Gasteiger partial charge in [-0.1, -0.05) is 35.3 Å². The van der Waals surface area contributed by atoms with Crippen LogP contribution in [0.25, 0.3) is 10.9 Å². The third-order valence-electron chi connectivity index (χ3n) is 4.59. The van der Waals surface area contributed by atoms with Crippen LogP contribution in [0.15, 0.2) is 52.4 Å². The molecular formula is C18H17Cl2N3O2S. The summed E-state index contributed by atoms with van der Waals surface area (Å²) in [7, 11) is -3.77. The number of hydrogen-bond acceptors (Lipinski definition) is 4. The van der Waals surface area contributed by atoms with Crippen LogP contribution in [-0.2, 0) is 9.84 Å². The molecule has 2 heterocycles. The molecule has 0 atom stereocenters. The molecule has 8 heteroatoms. The van der Waals surface area contributed by atoms with Crippen molar-refractivity contribution in [2.75, 3.05) is 31.1 Å². The number of H-pyrrole nitrogens is 1. The van der Waals surface area contributed by atoms with E-state index in [9.17, 15) is 8.42 Å². The highest BCUT2D eigenvalue weighted by molar-refractivity contribution is 7.91. The van der Waals surface area contributed by atoms with Crippen LogP contribution in [-0.4, -0.2) is 39.6 Å². The summed E-state index contributed by atoms with van der Waals surface area (Å²) < 4.78 is 26.3. The minimum atomic E-state index is -3.77. The van der Waals surface area contributed by atoms with Crippen LogP contribution in [0.4, 0.5) is 5.69 Å². The normalized spacial score (nSPS) is 15.5. The van der Waals surface area contributed by atoms with E-state index < -0.39 is 9.84 Å². The minimum Gasteiger partial charge on any atom is -0.367 e. The number of para-hydroxylation sites is 1. The fourth-order valence-corrected chi connectivity index (χ4v) is 5.50. The number of nitrogens with one attached hydrogen (secondary N) is 2. The van der Waals surface area contributed by atoms with Gasteiger partial charge in [0.2, 0.25) is 9.84 Å². The van der Waals surface area contributed by atoms with Gasteiger partial charge >= 0.3 is 0 Å². The molecule has 2 N–H and O–H groups in total. The Kier molecular flexibility index (Phi) is 4.61. The lowest BCUT2D eigenvalue weighted by Gasteiger charge is -2.29. The highest BCUT2D eigenvalue weighted by Crippen LogP contribution is 2.36. The van der Waals surface area contributed by atoms with Crippen LogP contribution in [0.1, 0.15) is 0 Å². The second-order valence-electron chi connectivity index (χ2n) is 6.17. The fourth-order valence-electron chi connectivity index (χ4n) is 3.32. The molecule has 1 saturated heterocycles. The van der Waals surface area contributed by atoms with E-state index in [0.29, 0.717) is 10.4 Å². The highest BCUT2D eigenvalue weighted by atomic mass is 35.5. The third kappa shape index (κ3) is 2.97. The summed E-state index contributed by atoms with van der Waals surface area (Å²) in [6.07, 6.45) is 1.54. The molecule has 0 saturated carbocycles. The van der Waals surface area contributed by atoms with Crippen LogP contribution in [0.5, 0.6) is 0 Å². The molecule has 5 nitrogen and oxygen atoms in total. The van der Waals surface area contributed by atoms with Crippen LogP contribution >= 0.6 is 23.2 Å². The van der Waals surface area contributed by atoms with E-state index in [1.165, 1.54) is 24.4 Å². The quantitative estimate of drug-likeness (QED) is 0.691. The molecule has 3 aromatic rings. The van der Waals surface area contributed by atoms with Crippen molar-refractivity contribution in [2.24, 2.45) is 0 Å². The maximum absolute atomic E-state index is 13.2. The van der Waals surface area contributed by atoms with E-state index >= 15 is 0 Å². The first kappa shape index (κ1) is 17.7. The molecule has 1 aromatic heterocycles. The maximum Gasteiger partial charge on any atom is 0.210 e. The first-order valence-electron chi connectivity index (χ1n) is 8.24. The first-order chi connectivity index (χ1) is 12.5. The standard InChI is InChI=1S/C18H17Cl2N3O2S/c19-12-4-5-16(14(20)10-12)26(24,25)17-11-22-18-13(17)2-1-3-15(18)23-8-6-21-7-9-23/h1-5,10-11,21-22H,6-9H2. The summed E-state index contributed by atoms with van der Waals surface area (Å²) >= 11 is 12.0. The Balaban J connectivity index is 1.85. The Labute approximate surface area is 161 Å². The Morgan fingerprint density at radius 2 is 1.77 bits per heavy atom. The van der Waals surface area contributed by atoms with Gasteiger partial charge in [-0.3, -0.25) is 0 Å². The zero-order valence-corrected chi connectivity index (χ0v) is 16.1. The zero-order valence-electron chi connectivity index (χ0n) is 13.8. The number of piperazine rings is 1. The molecular weight excluding hydrogens is 393 g/mol. The third-order valence-corrected chi connectivity index (χ3v) is 7.10. The lowest BCUT2D eigenvalue weighted by Crippen LogP contribution is -2.43. The SMILES string of the molecule is O=S(=O)(c1ccc(Cl)cc1Cl)c1c[nH]c2c(N3CCNCC3)cccc12. The van der Waals surface area contributed by atoms with E-state index in [2.05, 4.69) is 15.2 Å². The Morgan fingerprint density at radius 3 is 2.50 bits per heavy atom. The number of anilines is 1. The van der Waals surface area contributed by atoms with E-state index in [0.717, 1.165) is 37.4 Å². The summed E-state index contributed by atoms with van der Waals surface area (Å²) in [5.74, 6) is 0. The number of nitrogens with zero attached hydrogens (tertiary/aromatic N) is 1. The molecule has 0 radical (unpaired) electrons. The van der Waals surface area contributed by atoms with Gasteiger partial charge in [-0.2, -0.15) is 0 Å². The van der Waals surface area contributed by atoms with E-state index in [1.807, 2.05) is 18.2 Å². The molecule has 1 aliphatic rings. The lowest BCUT2D eigenvalue weighted by molar-refractivity contribution is 0.590. The Hall–Kier alpha value is -1.73. The summed E-state index contributed by atoms with van der Waals surface area (Å²) in [5.41, 5.74) is 1.82. The minimum absolute atomic E-state index is 0.0528. The van der Waals surface area contributed by atoms with Gasteiger partial charge in [0.15, 0.2) is 0 Å². The number of sulfone groups is 1. The number of fused-ring (bicyclic) bond motifs is 1. The molecule has 2 aromatic carbocycles. The van der Waals surface area contributed by atoms with Gasteiger partial charge in [0.05, 0.1) is 26.0 Å². The van der Waals surface area contributed by atoms with Crippen molar-refractivity contribution in [1.29, 1.82) is 0 Å². The van der Waals surface area contributed by atoms with Crippen molar-refractivity contribution >= 4 is 49.6 Å². The van der Waals surface area contributed by atoms with E-state index in [1.54, 1.807) is 0 Å². The van der Waals surface area contributed by atoms with Crippen LogP contribution < -0.4 is 10.2 Å². The molecule has 4 rings (SSSR count). The Bertz CT molecular complexity index is 1070. The van der Waals surface area contributed by atoms with Gasteiger partial charge < -0.3 is 15.2 Å². The smallest absolute Gasteiger partial charge is 0.210 e. The fraction of sp³-hybridized carbons (Fsp3) is 0.222. The molecule has 0 amide bonds. The summed E-state index contributed by atoms with van der Waals surface area (Å²) in [6, 6.07) is 10.1. The molecule has 0 unspecified atom stereocenters. The number of hydrogen-bond donors (Lipinski definition) is 2. The van der Waals surface area contributed by atoms with Crippen molar-refractivity contribution in [3.05, 3.63) is 52.6 Å². The van der Waals surface area contributed by atoms with Crippen molar-refractivity contribution in [1.82, 2.24) is 10.3 Å². The molecule has 0 spiro atoms. The monoisotopic (exact) mass is 409 g/mol. The average molecular weight is 410 g/mol. The first-order valence-corrected chi connectivity index (χ1v) is 10.5. The topological polar surface area (TPSA) is 65.2 Å². The average Bonchev–Trinajstić information content (AvgIpc) is 3.07. The molecule has 0 bridgehead atoms. The number of aromatic amines is 1.